The predicted octanol–water partition coefficient (Wildman–Crippen LogP) is 3.66. The fraction of sp³-hybridized carbons (Fsp3) is 0.292. The molecule has 0 radical (unpaired) electrons. The van der Waals surface area contributed by atoms with Crippen LogP contribution in [0, 0.1) is 0 Å². The molecular weight excluding hydrogens is 392 g/mol. The standard InChI is InChI=1S/C24H22N4O3/c29-18-8-4-7-17-22(18)23(16-9-10-19-20(14-16)31-12-11-30-19)28-24(25-17)26-21(27-28)13-15-5-2-1-3-6-15/h1-3,5-6,9-10,14,23H,4,7-8,11-13H2,(H,25,26,27). The Kier molecular flexibility index (Phi) is 4.26. The van der Waals surface area contributed by atoms with Crippen LogP contribution in [0.3, 0.4) is 0 Å². The largest absolute Gasteiger partial charge is 0.486 e. The number of Topliss-reactive ketones (excluding diaryl/α,β-unsaturated/α-hetero) is 1. The number of carbonyl (C=O) groups excluding carboxylic acids is 1. The van der Waals surface area contributed by atoms with Crippen molar-refractivity contribution in [2.24, 2.45) is 0 Å². The minimum atomic E-state index is -0.327. The molecule has 1 aliphatic carbocycles. The van der Waals surface area contributed by atoms with Crippen molar-refractivity contribution in [1.29, 1.82) is 0 Å². The summed E-state index contributed by atoms with van der Waals surface area (Å²) >= 11 is 0. The van der Waals surface area contributed by atoms with Gasteiger partial charge in [0, 0.05) is 24.1 Å². The van der Waals surface area contributed by atoms with Crippen molar-refractivity contribution in [3.05, 3.63) is 76.8 Å². The van der Waals surface area contributed by atoms with E-state index in [9.17, 15) is 4.79 Å². The van der Waals surface area contributed by atoms with Crippen LogP contribution in [-0.4, -0.2) is 33.8 Å². The fourth-order valence-corrected chi connectivity index (χ4v) is 4.59. The molecule has 0 bridgehead atoms. The van der Waals surface area contributed by atoms with E-state index in [1.165, 1.54) is 0 Å². The number of hydrogen-bond acceptors (Lipinski definition) is 6. The minimum absolute atomic E-state index is 0.166. The normalized spacial score (nSPS) is 19.5. The smallest absolute Gasteiger partial charge is 0.226 e. The van der Waals surface area contributed by atoms with E-state index in [-0.39, 0.29) is 11.8 Å². The first kappa shape index (κ1) is 18.2. The topological polar surface area (TPSA) is 78.3 Å². The molecule has 0 amide bonds. The molecule has 3 aromatic rings. The Morgan fingerprint density at radius 1 is 1.03 bits per heavy atom. The zero-order valence-corrected chi connectivity index (χ0v) is 17.0. The number of fused-ring (bicyclic) bond motifs is 2. The summed E-state index contributed by atoms with van der Waals surface area (Å²) in [6.07, 6.45) is 2.88. The molecule has 1 atom stereocenters. The lowest BCUT2D eigenvalue weighted by Gasteiger charge is -2.32. The second-order valence-electron chi connectivity index (χ2n) is 8.06. The first-order valence-electron chi connectivity index (χ1n) is 10.7. The lowest BCUT2D eigenvalue weighted by atomic mass is 9.85. The summed E-state index contributed by atoms with van der Waals surface area (Å²) in [6, 6.07) is 15.7. The number of allylic oxidation sites excluding steroid dienone is 2. The van der Waals surface area contributed by atoms with E-state index in [0.717, 1.165) is 46.8 Å². The van der Waals surface area contributed by atoms with Crippen LogP contribution in [0.5, 0.6) is 11.5 Å². The Balaban J connectivity index is 1.45. The van der Waals surface area contributed by atoms with Crippen LogP contribution in [0.1, 0.15) is 42.3 Å². The maximum Gasteiger partial charge on any atom is 0.226 e. The van der Waals surface area contributed by atoms with Gasteiger partial charge >= 0.3 is 0 Å². The summed E-state index contributed by atoms with van der Waals surface area (Å²) in [5.41, 5.74) is 3.84. The number of ketones is 1. The van der Waals surface area contributed by atoms with Gasteiger partial charge in [0.05, 0.1) is 0 Å². The average molecular weight is 414 g/mol. The quantitative estimate of drug-likeness (QED) is 0.705. The highest BCUT2D eigenvalue weighted by Crippen LogP contribution is 2.42. The third-order valence-electron chi connectivity index (χ3n) is 6.00. The Morgan fingerprint density at radius 2 is 1.87 bits per heavy atom. The number of aromatic nitrogens is 3. The van der Waals surface area contributed by atoms with Crippen LogP contribution >= 0.6 is 0 Å². The monoisotopic (exact) mass is 414 g/mol. The van der Waals surface area contributed by atoms with E-state index in [1.807, 2.05) is 41.1 Å². The molecule has 6 rings (SSSR count). The van der Waals surface area contributed by atoms with Crippen LogP contribution in [0.4, 0.5) is 5.95 Å². The van der Waals surface area contributed by atoms with E-state index in [4.69, 9.17) is 19.6 Å². The summed E-state index contributed by atoms with van der Waals surface area (Å²) in [4.78, 5) is 17.8. The maximum absolute atomic E-state index is 13.0. The van der Waals surface area contributed by atoms with Gasteiger partial charge in [-0.1, -0.05) is 36.4 Å². The third kappa shape index (κ3) is 3.17. The number of ether oxygens (including phenoxy) is 2. The van der Waals surface area contributed by atoms with Gasteiger partial charge < -0.3 is 14.8 Å². The molecule has 0 saturated heterocycles. The molecule has 1 aromatic heterocycles. The molecule has 0 spiro atoms. The highest BCUT2D eigenvalue weighted by Gasteiger charge is 2.37. The zero-order valence-electron chi connectivity index (χ0n) is 17.0. The maximum atomic E-state index is 13.0. The van der Waals surface area contributed by atoms with Crippen molar-refractivity contribution in [1.82, 2.24) is 14.8 Å². The van der Waals surface area contributed by atoms with Gasteiger partial charge in [0.1, 0.15) is 19.3 Å². The Hall–Kier alpha value is -3.61. The highest BCUT2D eigenvalue weighted by molar-refractivity contribution is 5.99. The lowest BCUT2D eigenvalue weighted by Crippen LogP contribution is -2.31. The molecule has 0 saturated carbocycles. The molecule has 156 valence electrons. The fourth-order valence-electron chi connectivity index (χ4n) is 4.59. The van der Waals surface area contributed by atoms with Crippen LogP contribution in [0.2, 0.25) is 0 Å². The number of anilines is 1. The zero-order chi connectivity index (χ0) is 20.8. The SMILES string of the molecule is O=C1CCCC2=C1C(c1ccc3c(c1)OCCO3)n1nc(Cc3ccccc3)nc1N2. The molecule has 2 aromatic carbocycles. The van der Waals surface area contributed by atoms with Crippen molar-refractivity contribution >= 4 is 11.7 Å². The number of rotatable bonds is 3. The summed E-state index contributed by atoms with van der Waals surface area (Å²) in [5.74, 6) is 3.01. The number of hydrogen-bond donors (Lipinski definition) is 1. The predicted molar refractivity (Wildman–Crippen MR) is 114 cm³/mol. The van der Waals surface area contributed by atoms with Crippen LogP contribution in [0.15, 0.2) is 59.8 Å². The first-order valence-corrected chi connectivity index (χ1v) is 10.7. The summed E-state index contributed by atoms with van der Waals surface area (Å²) < 4.78 is 13.3. The molecule has 1 unspecified atom stereocenters. The number of nitrogens with zero attached hydrogens (tertiary/aromatic N) is 3. The van der Waals surface area contributed by atoms with Gasteiger partial charge in [-0.3, -0.25) is 4.79 Å². The third-order valence-corrected chi connectivity index (χ3v) is 6.00. The van der Waals surface area contributed by atoms with E-state index in [2.05, 4.69) is 17.4 Å². The number of benzene rings is 2. The molecule has 0 fully saturated rings. The number of carbonyl (C=O) groups is 1. The van der Waals surface area contributed by atoms with E-state index in [1.54, 1.807) is 0 Å². The van der Waals surface area contributed by atoms with Gasteiger partial charge in [-0.05, 0) is 36.1 Å². The van der Waals surface area contributed by atoms with Crippen molar-refractivity contribution in [2.75, 3.05) is 18.5 Å². The van der Waals surface area contributed by atoms with E-state index >= 15 is 0 Å². The van der Waals surface area contributed by atoms with Crippen molar-refractivity contribution in [3.63, 3.8) is 0 Å². The molecule has 7 nitrogen and oxygen atoms in total. The van der Waals surface area contributed by atoms with Crippen LogP contribution in [-0.2, 0) is 11.2 Å². The average Bonchev–Trinajstić information content (AvgIpc) is 3.20. The Bertz CT molecular complexity index is 1200. The first-order chi connectivity index (χ1) is 15.3. The van der Waals surface area contributed by atoms with E-state index < -0.39 is 0 Å². The molecule has 3 aliphatic rings. The van der Waals surface area contributed by atoms with Gasteiger partial charge in [-0.2, -0.15) is 10.1 Å². The van der Waals surface area contributed by atoms with Crippen molar-refractivity contribution in [2.45, 2.75) is 31.7 Å². The van der Waals surface area contributed by atoms with Gasteiger partial charge in [0.15, 0.2) is 23.1 Å². The van der Waals surface area contributed by atoms with Gasteiger partial charge in [-0.15, -0.1) is 0 Å². The van der Waals surface area contributed by atoms with E-state index in [0.29, 0.717) is 37.8 Å². The summed E-state index contributed by atoms with van der Waals surface area (Å²) in [5, 5.41) is 8.22. The summed E-state index contributed by atoms with van der Waals surface area (Å²) in [6.45, 7) is 1.06. The number of nitrogens with one attached hydrogen (secondary N) is 1. The molecule has 3 heterocycles. The Morgan fingerprint density at radius 3 is 2.74 bits per heavy atom. The van der Waals surface area contributed by atoms with Gasteiger partial charge in [0.2, 0.25) is 5.95 Å². The molecule has 2 aliphatic heterocycles. The second-order valence-corrected chi connectivity index (χ2v) is 8.06. The minimum Gasteiger partial charge on any atom is -0.486 e. The highest BCUT2D eigenvalue weighted by atomic mass is 16.6. The molecule has 7 heteroatoms. The summed E-state index contributed by atoms with van der Waals surface area (Å²) in [7, 11) is 0. The lowest BCUT2D eigenvalue weighted by molar-refractivity contribution is -0.116. The van der Waals surface area contributed by atoms with Gasteiger partial charge in [-0.25, -0.2) is 4.68 Å². The van der Waals surface area contributed by atoms with Crippen LogP contribution < -0.4 is 14.8 Å². The molecule has 1 N–H and O–H groups in total. The van der Waals surface area contributed by atoms with Crippen LogP contribution in [0.25, 0.3) is 0 Å². The van der Waals surface area contributed by atoms with Gasteiger partial charge in [0.25, 0.3) is 0 Å². The second kappa shape index (κ2) is 7.27. The van der Waals surface area contributed by atoms with Crippen molar-refractivity contribution in [3.8, 4) is 11.5 Å². The molecule has 31 heavy (non-hydrogen) atoms. The Labute approximate surface area is 179 Å². The molecular formula is C24H22N4O3. The van der Waals surface area contributed by atoms with Crippen molar-refractivity contribution < 1.29 is 14.3 Å².